The first kappa shape index (κ1) is 6.39. The van der Waals surface area contributed by atoms with Crippen LogP contribution < -0.4 is 11.5 Å². The lowest BCUT2D eigenvalue weighted by molar-refractivity contribution is -0.140. The fourth-order valence-electron chi connectivity index (χ4n) is 0.104. The number of hydrogen-bond donors (Lipinski definition) is 2. The number of nitrogens with two attached hydrogens (primary N) is 2. The van der Waals surface area contributed by atoms with E-state index in [1.54, 1.807) is 0 Å². The van der Waals surface area contributed by atoms with Gasteiger partial charge >= 0.3 is 0 Å². The standard InChI is InChI=1S/C3H8N2O2/c1-3(4,5)7-2-6/h2H,4-5H2,1H3. The average Bonchev–Trinajstić information content (AvgIpc) is 1.30. The van der Waals surface area contributed by atoms with Crippen LogP contribution in [0.3, 0.4) is 0 Å². The number of rotatable bonds is 2. The highest BCUT2D eigenvalue weighted by Crippen LogP contribution is 1.83. The van der Waals surface area contributed by atoms with E-state index in [2.05, 4.69) is 4.74 Å². The minimum atomic E-state index is -1.32. The Bertz CT molecular complexity index is 65.8. The molecule has 0 aliphatic rings. The van der Waals surface area contributed by atoms with Gasteiger partial charge in [-0.25, -0.2) is 0 Å². The SMILES string of the molecule is CC(N)(N)OC=O. The predicted octanol–water partition coefficient (Wildman–Crippen LogP) is -1.25. The van der Waals surface area contributed by atoms with Crippen LogP contribution in [-0.4, -0.2) is 12.3 Å². The Hall–Kier alpha value is -0.610. The van der Waals surface area contributed by atoms with Crippen molar-refractivity contribution in [3.63, 3.8) is 0 Å². The van der Waals surface area contributed by atoms with E-state index < -0.39 is 5.85 Å². The third-order valence-electron chi connectivity index (χ3n) is 0.302. The van der Waals surface area contributed by atoms with Gasteiger partial charge in [0.15, 0.2) is 0 Å². The van der Waals surface area contributed by atoms with Crippen LogP contribution in [0.15, 0.2) is 0 Å². The van der Waals surface area contributed by atoms with Crippen LogP contribution >= 0.6 is 0 Å². The van der Waals surface area contributed by atoms with E-state index >= 15 is 0 Å². The van der Waals surface area contributed by atoms with E-state index in [1.165, 1.54) is 6.92 Å². The van der Waals surface area contributed by atoms with E-state index in [9.17, 15) is 4.79 Å². The van der Waals surface area contributed by atoms with E-state index in [1.807, 2.05) is 0 Å². The molecule has 4 heteroatoms. The van der Waals surface area contributed by atoms with Crippen molar-refractivity contribution in [1.29, 1.82) is 0 Å². The maximum Gasteiger partial charge on any atom is 0.295 e. The molecule has 0 saturated heterocycles. The Morgan fingerprint density at radius 1 is 1.71 bits per heavy atom. The van der Waals surface area contributed by atoms with Gasteiger partial charge in [0, 0.05) is 6.92 Å². The molecule has 0 spiro atoms. The van der Waals surface area contributed by atoms with Gasteiger partial charge in [-0.15, -0.1) is 0 Å². The molecule has 4 nitrogen and oxygen atoms in total. The molecule has 0 radical (unpaired) electrons. The third-order valence-corrected chi connectivity index (χ3v) is 0.302. The molecule has 4 N–H and O–H groups in total. The van der Waals surface area contributed by atoms with E-state index in [0.717, 1.165) is 0 Å². The summed E-state index contributed by atoms with van der Waals surface area (Å²) in [5.41, 5.74) is 9.94. The summed E-state index contributed by atoms with van der Waals surface area (Å²) in [5.74, 6) is -1.32. The van der Waals surface area contributed by atoms with Crippen molar-refractivity contribution in [2.24, 2.45) is 11.5 Å². The molecule has 0 aliphatic heterocycles. The minimum Gasteiger partial charge on any atom is -0.433 e. The molecule has 0 rings (SSSR count). The molecule has 7 heavy (non-hydrogen) atoms. The summed E-state index contributed by atoms with van der Waals surface area (Å²) >= 11 is 0. The lowest BCUT2D eigenvalue weighted by atomic mass is 10.5. The molecule has 0 aliphatic carbocycles. The summed E-state index contributed by atoms with van der Waals surface area (Å²) in [7, 11) is 0. The van der Waals surface area contributed by atoms with E-state index in [-0.39, 0.29) is 6.47 Å². The zero-order valence-corrected chi connectivity index (χ0v) is 4.05. The second-order valence-corrected chi connectivity index (χ2v) is 1.40. The van der Waals surface area contributed by atoms with Gasteiger partial charge in [-0.3, -0.25) is 16.3 Å². The summed E-state index contributed by atoms with van der Waals surface area (Å²) in [5, 5.41) is 0. The highest BCUT2D eigenvalue weighted by Gasteiger charge is 2.08. The number of ether oxygens (including phenoxy) is 1. The van der Waals surface area contributed by atoms with Gasteiger partial charge in [0.25, 0.3) is 6.47 Å². The first-order valence-corrected chi connectivity index (χ1v) is 1.75. The zero-order chi connectivity index (χ0) is 5.91. The zero-order valence-electron chi connectivity index (χ0n) is 4.05. The fraction of sp³-hybridized carbons (Fsp3) is 0.667. The van der Waals surface area contributed by atoms with Crippen LogP contribution in [0.1, 0.15) is 6.92 Å². The van der Waals surface area contributed by atoms with Crippen molar-refractivity contribution in [1.82, 2.24) is 0 Å². The largest absolute Gasteiger partial charge is 0.433 e. The van der Waals surface area contributed by atoms with Gasteiger partial charge in [-0.2, -0.15) is 0 Å². The Labute approximate surface area is 41.4 Å². The second kappa shape index (κ2) is 1.90. The Morgan fingerprint density at radius 2 is 2.14 bits per heavy atom. The first-order chi connectivity index (χ1) is 3.06. The van der Waals surface area contributed by atoms with Gasteiger partial charge in [0.2, 0.25) is 5.85 Å². The molecule has 0 bridgehead atoms. The minimum absolute atomic E-state index is 0.208. The van der Waals surface area contributed by atoms with Gasteiger partial charge in [-0.05, 0) is 0 Å². The highest BCUT2D eigenvalue weighted by atomic mass is 16.6. The van der Waals surface area contributed by atoms with E-state index in [4.69, 9.17) is 11.5 Å². The molecule has 0 aromatic heterocycles. The van der Waals surface area contributed by atoms with Gasteiger partial charge in [-0.1, -0.05) is 0 Å². The predicted molar refractivity (Wildman–Crippen MR) is 23.9 cm³/mol. The summed E-state index contributed by atoms with van der Waals surface area (Å²) in [6.45, 7) is 1.58. The van der Waals surface area contributed by atoms with Crippen LogP contribution in [0.2, 0.25) is 0 Å². The lowest BCUT2D eigenvalue weighted by Crippen LogP contribution is -2.48. The monoisotopic (exact) mass is 104 g/mol. The van der Waals surface area contributed by atoms with Crippen LogP contribution in [0.4, 0.5) is 0 Å². The second-order valence-electron chi connectivity index (χ2n) is 1.40. The van der Waals surface area contributed by atoms with Crippen molar-refractivity contribution >= 4 is 6.47 Å². The Morgan fingerprint density at radius 3 is 2.14 bits per heavy atom. The summed E-state index contributed by atoms with van der Waals surface area (Å²) < 4.78 is 4.10. The maximum atomic E-state index is 9.44. The Kier molecular flexibility index (Phi) is 1.74. The van der Waals surface area contributed by atoms with Crippen LogP contribution in [0.25, 0.3) is 0 Å². The van der Waals surface area contributed by atoms with E-state index in [0.29, 0.717) is 0 Å². The average molecular weight is 104 g/mol. The molecule has 0 heterocycles. The van der Waals surface area contributed by atoms with Crippen molar-refractivity contribution in [2.45, 2.75) is 12.8 Å². The molecule has 0 unspecified atom stereocenters. The molecule has 0 aromatic rings. The van der Waals surface area contributed by atoms with Gasteiger partial charge < -0.3 is 4.74 Å². The smallest absolute Gasteiger partial charge is 0.295 e. The summed E-state index contributed by atoms with van der Waals surface area (Å²) in [6, 6.07) is 0. The quantitative estimate of drug-likeness (QED) is 0.339. The van der Waals surface area contributed by atoms with Gasteiger partial charge in [0.1, 0.15) is 0 Å². The first-order valence-electron chi connectivity index (χ1n) is 1.75. The van der Waals surface area contributed by atoms with Crippen molar-refractivity contribution in [3.05, 3.63) is 0 Å². The normalized spacial score (nSPS) is 10.7. The molecule has 0 atom stereocenters. The number of hydrogen-bond acceptors (Lipinski definition) is 4. The van der Waals surface area contributed by atoms with Crippen molar-refractivity contribution in [2.75, 3.05) is 0 Å². The van der Waals surface area contributed by atoms with Crippen LogP contribution in [-0.2, 0) is 9.53 Å². The molecule has 42 valence electrons. The fourth-order valence-corrected chi connectivity index (χ4v) is 0.104. The van der Waals surface area contributed by atoms with Crippen molar-refractivity contribution < 1.29 is 9.53 Å². The Balaban J connectivity index is 3.34. The molecule has 0 aromatic carbocycles. The molecule has 0 amide bonds. The molecular formula is C3H8N2O2. The molecule has 0 saturated carbocycles. The highest BCUT2D eigenvalue weighted by molar-refractivity contribution is 5.37. The van der Waals surface area contributed by atoms with Crippen molar-refractivity contribution in [3.8, 4) is 0 Å². The number of carbonyl (C=O) groups excluding carboxylic acids is 1. The maximum absolute atomic E-state index is 9.44. The van der Waals surface area contributed by atoms with Gasteiger partial charge in [0.05, 0.1) is 0 Å². The topological polar surface area (TPSA) is 78.3 Å². The molecular weight excluding hydrogens is 96.0 g/mol. The third kappa shape index (κ3) is 5.39. The lowest BCUT2D eigenvalue weighted by Gasteiger charge is -2.14. The summed E-state index contributed by atoms with van der Waals surface area (Å²) in [4.78, 5) is 9.44. The number of carbonyl (C=O) groups is 1. The molecule has 0 fully saturated rings. The van der Waals surface area contributed by atoms with Crippen LogP contribution in [0, 0.1) is 0 Å². The summed E-state index contributed by atoms with van der Waals surface area (Å²) in [6.07, 6.45) is 0. The van der Waals surface area contributed by atoms with Crippen LogP contribution in [0.5, 0.6) is 0 Å².